The van der Waals surface area contributed by atoms with Gasteiger partial charge in [0.1, 0.15) is 11.6 Å². The minimum atomic E-state index is -0.628. The molecule has 26 heavy (non-hydrogen) atoms. The van der Waals surface area contributed by atoms with Crippen LogP contribution in [-0.2, 0) is 24.3 Å². The summed E-state index contributed by atoms with van der Waals surface area (Å²) < 4.78 is 5.16. The van der Waals surface area contributed by atoms with Gasteiger partial charge in [-0.05, 0) is 17.7 Å². The van der Waals surface area contributed by atoms with Gasteiger partial charge in [0.25, 0.3) is 0 Å². The van der Waals surface area contributed by atoms with E-state index >= 15 is 0 Å². The van der Waals surface area contributed by atoms with E-state index in [1.807, 2.05) is 24.3 Å². The van der Waals surface area contributed by atoms with Crippen molar-refractivity contribution in [2.75, 3.05) is 13.7 Å². The quantitative estimate of drug-likeness (QED) is 0.802. The van der Waals surface area contributed by atoms with Crippen molar-refractivity contribution in [3.63, 3.8) is 0 Å². The molecule has 3 N–H and O–H groups in total. The highest BCUT2D eigenvalue weighted by Gasteiger charge is 2.25. The summed E-state index contributed by atoms with van der Waals surface area (Å²) in [4.78, 5) is 33.6. The van der Waals surface area contributed by atoms with Gasteiger partial charge in [0.15, 0.2) is 0 Å². The first-order valence-corrected chi connectivity index (χ1v) is 8.33. The van der Waals surface area contributed by atoms with Crippen LogP contribution in [0.2, 0.25) is 0 Å². The van der Waals surface area contributed by atoms with Crippen LogP contribution in [0.15, 0.2) is 30.5 Å². The van der Waals surface area contributed by atoms with Crippen molar-refractivity contribution in [3.8, 4) is 5.75 Å². The Balaban J connectivity index is 1.60. The number of hydrogen-bond donors (Lipinski definition) is 2. The Hall–Kier alpha value is -3.16. The van der Waals surface area contributed by atoms with Crippen molar-refractivity contribution in [1.82, 2.24) is 20.2 Å². The Morgan fingerprint density at radius 3 is 2.73 bits per heavy atom. The molecule has 1 aromatic carbocycles. The van der Waals surface area contributed by atoms with E-state index in [0.29, 0.717) is 19.5 Å². The smallest absolute Gasteiger partial charge is 0.312 e. The summed E-state index contributed by atoms with van der Waals surface area (Å²) in [5.74, 6) is 1.48. The van der Waals surface area contributed by atoms with Crippen LogP contribution >= 0.6 is 0 Å². The van der Waals surface area contributed by atoms with Crippen LogP contribution in [-0.4, -0.2) is 40.5 Å². The molecule has 1 aromatic heterocycles. The van der Waals surface area contributed by atoms with Crippen LogP contribution in [0.4, 0.5) is 4.79 Å². The van der Waals surface area contributed by atoms with Crippen LogP contribution in [0.1, 0.15) is 29.1 Å². The first-order valence-electron chi connectivity index (χ1n) is 8.33. The maximum atomic E-state index is 12.2. The summed E-state index contributed by atoms with van der Waals surface area (Å²) in [7, 11) is 1.63. The molecule has 0 atom stereocenters. The number of nitrogens with two attached hydrogens (primary N) is 1. The number of nitrogens with zero attached hydrogens (tertiary/aromatic N) is 3. The highest BCUT2D eigenvalue weighted by molar-refractivity contribution is 5.78. The number of fused-ring (bicyclic) bond motifs is 1. The van der Waals surface area contributed by atoms with Gasteiger partial charge in [0.2, 0.25) is 5.91 Å². The molecule has 0 radical (unpaired) electrons. The van der Waals surface area contributed by atoms with Crippen LogP contribution < -0.4 is 15.8 Å². The highest BCUT2D eigenvalue weighted by Crippen LogP contribution is 2.22. The number of methoxy groups -OCH3 is 1. The van der Waals surface area contributed by atoms with Gasteiger partial charge in [-0.25, -0.2) is 14.8 Å². The van der Waals surface area contributed by atoms with Crippen molar-refractivity contribution in [2.24, 2.45) is 5.73 Å². The number of benzene rings is 1. The van der Waals surface area contributed by atoms with E-state index in [1.165, 1.54) is 0 Å². The molecule has 0 aliphatic carbocycles. The summed E-state index contributed by atoms with van der Waals surface area (Å²) in [5.41, 5.74) is 7.92. The largest absolute Gasteiger partial charge is 0.497 e. The second kappa shape index (κ2) is 7.81. The molecule has 1 aliphatic heterocycles. The number of nitrogens with one attached hydrogen (secondary N) is 1. The molecule has 0 unspecified atom stereocenters. The molecule has 3 rings (SSSR count). The Kier molecular flexibility index (Phi) is 5.31. The van der Waals surface area contributed by atoms with Crippen LogP contribution in [0.5, 0.6) is 5.75 Å². The number of rotatable bonds is 6. The van der Waals surface area contributed by atoms with Gasteiger partial charge in [-0.1, -0.05) is 12.1 Å². The number of urea groups is 1. The molecule has 0 spiro atoms. The number of aromatic nitrogens is 2. The third-order valence-electron chi connectivity index (χ3n) is 4.22. The summed E-state index contributed by atoms with van der Waals surface area (Å²) in [6.07, 6.45) is 2.62. The maximum Gasteiger partial charge on any atom is 0.312 e. The van der Waals surface area contributed by atoms with Crippen molar-refractivity contribution in [3.05, 3.63) is 53.1 Å². The highest BCUT2D eigenvalue weighted by atomic mass is 16.5. The number of hydrogen-bond acceptors (Lipinski definition) is 5. The van der Waals surface area contributed by atoms with E-state index in [0.717, 1.165) is 28.4 Å². The molecule has 8 heteroatoms. The molecule has 0 fully saturated rings. The molecular formula is C18H21N5O3. The van der Waals surface area contributed by atoms with Gasteiger partial charge < -0.3 is 20.7 Å². The Labute approximate surface area is 151 Å². The van der Waals surface area contributed by atoms with Gasteiger partial charge in [-0.3, -0.25) is 4.79 Å². The summed E-state index contributed by atoms with van der Waals surface area (Å²) >= 11 is 0. The van der Waals surface area contributed by atoms with Crippen LogP contribution in [0, 0.1) is 0 Å². The molecule has 0 saturated heterocycles. The van der Waals surface area contributed by atoms with Gasteiger partial charge in [0, 0.05) is 37.7 Å². The molecule has 136 valence electrons. The third kappa shape index (κ3) is 4.27. The fraction of sp³-hybridized carbons (Fsp3) is 0.333. The van der Waals surface area contributed by atoms with E-state index in [9.17, 15) is 9.59 Å². The minimum absolute atomic E-state index is 0.0477. The molecule has 1 aliphatic rings. The average molecular weight is 355 g/mol. The fourth-order valence-corrected chi connectivity index (χ4v) is 2.83. The standard InChI is InChI=1S/C18H21N5O3/c1-26-14-4-2-12(3-5-14)8-16-21-9-13-10-23(11-15(13)22-16)17(24)6-7-20-18(19)25/h2-5,9H,6-8,10-11H2,1H3,(H3,19,20,25). The summed E-state index contributed by atoms with van der Waals surface area (Å²) in [5, 5.41) is 2.42. The Bertz CT molecular complexity index is 807. The van der Waals surface area contributed by atoms with E-state index in [2.05, 4.69) is 15.3 Å². The van der Waals surface area contributed by atoms with E-state index < -0.39 is 6.03 Å². The monoisotopic (exact) mass is 355 g/mol. The number of ether oxygens (including phenoxy) is 1. The molecule has 8 nitrogen and oxygen atoms in total. The number of primary amides is 1. The molecule has 3 amide bonds. The lowest BCUT2D eigenvalue weighted by atomic mass is 10.1. The zero-order valence-electron chi connectivity index (χ0n) is 14.6. The first kappa shape index (κ1) is 17.7. The molecule has 2 heterocycles. The third-order valence-corrected chi connectivity index (χ3v) is 4.22. The van der Waals surface area contributed by atoms with E-state index in [-0.39, 0.29) is 18.9 Å². The Morgan fingerprint density at radius 2 is 2.04 bits per heavy atom. The molecule has 0 saturated carbocycles. The lowest BCUT2D eigenvalue weighted by Crippen LogP contribution is -2.34. The van der Waals surface area contributed by atoms with Crippen LogP contribution in [0.3, 0.4) is 0 Å². The number of carbonyl (C=O) groups excluding carboxylic acids is 2. The normalized spacial score (nSPS) is 12.6. The fourth-order valence-electron chi connectivity index (χ4n) is 2.83. The lowest BCUT2D eigenvalue weighted by Gasteiger charge is -2.14. The maximum absolute atomic E-state index is 12.2. The lowest BCUT2D eigenvalue weighted by molar-refractivity contribution is -0.131. The second-order valence-electron chi connectivity index (χ2n) is 6.07. The van der Waals surface area contributed by atoms with Gasteiger partial charge in [0.05, 0.1) is 19.3 Å². The van der Waals surface area contributed by atoms with Crippen molar-refractivity contribution in [1.29, 1.82) is 0 Å². The van der Waals surface area contributed by atoms with Gasteiger partial charge >= 0.3 is 6.03 Å². The Morgan fingerprint density at radius 1 is 1.27 bits per heavy atom. The molecule has 0 bridgehead atoms. The van der Waals surface area contributed by atoms with Crippen molar-refractivity contribution < 1.29 is 14.3 Å². The molecule has 2 aromatic rings. The zero-order valence-corrected chi connectivity index (χ0v) is 14.6. The number of carbonyl (C=O) groups is 2. The SMILES string of the molecule is COc1ccc(Cc2ncc3c(n2)CN(C(=O)CCNC(N)=O)C3)cc1. The topological polar surface area (TPSA) is 110 Å². The predicted molar refractivity (Wildman–Crippen MR) is 94.3 cm³/mol. The van der Waals surface area contributed by atoms with Gasteiger partial charge in [-0.15, -0.1) is 0 Å². The average Bonchev–Trinajstić information content (AvgIpc) is 3.05. The minimum Gasteiger partial charge on any atom is -0.497 e. The van der Waals surface area contributed by atoms with Crippen molar-refractivity contribution in [2.45, 2.75) is 25.9 Å². The van der Waals surface area contributed by atoms with Gasteiger partial charge in [-0.2, -0.15) is 0 Å². The predicted octanol–water partition coefficient (Wildman–Crippen LogP) is 0.977. The number of amides is 3. The first-order chi connectivity index (χ1) is 12.5. The van der Waals surface area contributed by atoms with Crippen LogP contribution in [0.25, 0.3) is 0 Å². The zero-order chi connectivity index (χ0) is 18.5. The molecular weight excluding hydrogens is 334 g/mol. The second-order valence-corrected chi connectivity index (χ2v) is 6.07. The van der Waals surface area contributed by atoms with E-state index in [4.69, 9.17) is 10.5 Å². The van der Waals surface area contributed by atoms with Crippen molar-refractivity contribution >= 4 is 11.9 Å². The summed E-state index contributed by atoms with van der Waals surface area (Å²) in [6, 6.07) is 7.15. The van der Waals surface area contributed by atoms with E-state index in [1.54, 1.807) is 18.2 Å². The summed E-state index contributed by atoms with van der Waals surface area (Å²) in [6.45, 7) is 1.19.